The van der Waals surface area contributed by atoms with Crippen molar-refractivity contribution in [2.45, 2.75) is 6.42 Å². The number of hydrogen-bond acceptors (Lipinski definition) is 6. The summed E-state index contributed by atoms with van der Waals surface area (Å²) in [4.78, 5) is 18.1. The fourth-order valence-electron chi connectivity index (χ4n) is 3.35. The molecule has 3 heterocycles. The summed E-state index contributed by atoms with van der Waals surface area (Å²) in [5.74, 6) is 2.04. The van der Waals surface area contributed by atoms with Crippen LogP contribution in [0.1, 0.15) is 5.69 Å². The summed E-state index contributed by atoms with van der Waals surface area (Å²) in [6, 6.07) is 13.2. The van der Waals surface area contributed by atoms with Gasteiger partial charge in [-0.3, -0.25) is 9.20 Å². The Kier molecular flexibility index (Phi) is 4.76. The van der Waals surface area contributed by atoms with Gasteiger partial charge in [0, 0.05) is 34.6 Å². The van der Waals surface area contributed by atoms with Crippen molar-refractivity contribution in [1.82, 2.24) is 9.38 Å². The number of fused-ring (bicyclic) bond motifs is 2. The highest BCUT2D eigenvalue weighted by atomic mass is 32.1. The summed E-state index contributed by atoms with van der Waals surface area (Å²) >= 11 is 1.51. The lowest BCUT2D eigenvalue weighted by Crippen LogP contribution is -2.17. The minimum Gasteiger partial charge on any atom is -0.497 e. The van der Waals surface area contributed by atoms with Gasteiger partial charge in [-0.25, -0.2) is 4.98 Å². The first-order valence-electron chi connectivity index (χ1n) is 9.49. The van der Waals surface area contributed by atoms with Crippen LogP contribution < -0.4 is 19.5 Å². The van der Waals surface area contributed by atoms with Crippen molar-refractivity contribution in [2.75, 3.05) is 25.6 Å². The van der Waals surface area contributed by atoms with E-state index < -0.39 is 0 Å². The minimum atomic E-state index is -0.105. The van der Waals surface area contributed by atoms with E-state index in [4.69, 9.17) is 14.2 Å². The zero-order chi connectivity index (χ0) is 20.5. The number of rotatable bonds is 5. The first-order valence-corrected chi connectivity index (χ1v) is 10.4. The highest BCUT2D eigenvalue weighted by molar-refractivity contribution is 7.15. The second kappa shape index (κ2) is 7.72. The summed E-state index contributed by atoms with van der Waals surface area (Å²) in [7, 11) is 1.64. The second-order valence-corrected chi connectivity index (χ2v) is 7.65. The van der Waals surface area contributed by atoms with Crippen molar-refractivity contribution >= 4 is 27.9 Å². The first-order chi connectivity index (χ1) is 14.7. The number of amides is 1. The molecule has 7 nitrogen and oxygen atoms in total. The molecule has 0 unspecified atom stereocenters. The zero-order valence-electron chi connectivity index (χ0n) is 16.3. The number of hydrogen-bond donors (Lipinski definition) is 1. The van der Waals surface area contributed by atoms with Gasteiger partial charge in [0.15, 0.2) is 16.5 Å². The molecule has 0 spiro atoms. The molecule has 1 amide bonds. The molecule has 152 valence electrons. The number of aromatic nitrogens is 2. The maximum absolute atomic E-state index is 12.6. The van der Waals surface area contributed by atoms with Crippen LogP contribution in [-0.2, 0) is 11.2 Å². The highest BCUT2D eigenvalue weighted by Crippen LogP contribution is 2.32. The third kappa shape index (κ3) is 3.57. The van der Waals surface area contributed by atoms with Crippen LogP contribution in [0.5, 0.6) is 17.2 Å². The van der Waals surface area contributed by atoms with E-state index in [-0.39, 0.29) is 12.3 Å². The molecular weight excluding hydrogens is 402 g/mol. The molecule has 4 aromatic rings. The molecule has 0 aliphatic carbocycles. The van der Waals surface area contributed by atoms with Gasteiger partial charge in [0.25, 0.3) is 0 Å². The summed E-state index contributed by atoms with van der Waals surface area (Å²) in [5.41, 5.74) is 3.42. The molecule has 0 fully saturated rings. The van der Waals surface area contributed by atoms with Gasteiger partial charge in [0.1, 0.15) is 19.0 Å². The number of carbonyl (C=O) groups is 1. The van der Waals surface area contributed by atoms with E-state index in [2.05, 4.69) is 10.3 Å². The topological polar surface area (TPSA) is 74.1 Å². The number of nitrogens with one attached hydrogen (secondary N) is 1. The number of nitrogens with zero attached hydrogens (tertiary/aromatic N) is 2. The van der Waals surface area contributed by atoms with Gasteiger partial charge in [-0.15, -0.1) is 11.3 Å². The third-order valence-electron chi connectivity index (χ3n) is 4.84. The first kappa shape index (κ1) is 18.5. The predicted octanol–water partition coefficient (Wildman–Crippen LogP) is 4.02. The molecule has 2 aromatic carbocycles. The van der Waals surface area contributed by atoms with Crippen molar-refractivity contribution in [3.05, 3.63) is 59.7 Å². The quantitative estimate of drug-likeness (QED) is 0.527. The van der Waals surface area contributed by atoms with Gasteiger partial charge in [-0.1, -0.05) is 0 Å². The number of benzene rings is 2. The third-order valence-corrected chi connectivity index (χ3v) is 5.73. The lowest BCUT2D eigenvalue weighted by Gasteiger charge is -2.19. The van der Waals surface area contributed by atoms with E-state index in [0.29, 0.717) is 30.4 Å². The molecule has 0 saturated heterocycles. The molecule has 0 saturated carbocycles. The van der Waals surface area contributed by atoms with Crippen LogP contribution in [0.3, 0.4) is 0 Å². The Bertz CT molecular complexity index is 1210. The van der Waals surface area contributed by atoms with Gasteiger partial charge in [0.05, 0.1) is 19.2 Å². The molecule has 5 rings (SSSR count). The number of methoxy groups -OCH3 is 1. The maximum atomic E-state index is 12.6. The van der Waals surface area contributed by atoms with E-state index in [1.165, 1.54) is 11.3 Å². The molecule has 30 heavy (non-hydrogen) atoms. The minimum absolute atomic E-state index is 0.105. The number of anilines is 1. The molecule has 0 atom stereocenters. The number of carbonyl (C=O) groups excluding carboxylic acids is 1. The highest BCUT2D eigenvalue weighted by Gasteiger charge is 2.15. The molecule has 1 N–H and O–H groups in total. The molecular formula is C22H19N3O4S. The molecule has 0 bridgehead atoms. The van der Waals surface area contributed by atoms with Crippen LogP contribution in [0.4, 0.5) is 5.69 Å². The molecule has 2 aromatic heterocycles. The lowest BCUT2D eigenvalue weighted by atomic mass is 10.2. The standard InChI is InChI=1S/C22H19N3O4S/c1-27-17-5-2-14(3-6-17)18-12-25-16(13-30-22(25)24-18)11-21(26)23-15-4-7-19-20(10-15)29-9-8-28-19/h2-7,10,12-13H,8-9,11H2,1H3,(H,23,26). The molecule has 1 aliphatic rings. The monoisotopic (exact) mass is 421 g/mol. The summed E-state index contributed by atoms with van der Waals surface area (Å²) in [5, 5.41) is 4.89. The Labute approximate surface area is 176 Å². The summed E-state index contributed by atoms with van der Waals surface area (Å²) in [6.45, 7) is 1.05. The SMILES string of the molecule is COc1ccc(-c2cn3c(CC(=O)Nc4ccc5c(c4)OCCO5)csc3n2)cc1. The smallest absolute Gasteiger partial charge is 0.230 e. The Hall–Kier alpha value is -3.52. The Morgan fingerprint density at radius 1 is 1.17 bits per heavy atom. The van der Waals surface area contributed by atoms with Crippen molar-refractivity contribution in [3.8, 4) is 28.5 Å². The van der Waals surface area contributed by atoms with Gasteiger partial charge in [-0.05, 0) is 36.4 Å². The molecule has 8 heteroatoms. The zero-order valence-corrected chi connectivity index (χ0v) is 17.1. The fraction of sp³-hybridized carbons (Fsp3) is 0.182. The maximum Gasteiger partial charge on any atom is 0.230 e. The summed E-state index contributed by atoms with van der Waals surface area (Å²) in [6.07, 6.45) is 2.20. The Morgan fingerprint density at radius 2 is 1.97 bits per heavy atom. The van der Waals surface area contributed by atoms with Crippen molar-refractivity contribution in [3.63, 3.8) is 0 Å². The average Bonchev–Trinajstić information content (AvgIpc) is 3.36. The average molecular weight is 421 g/mol. The van der Waals surface area contributed by atoms with Gasteiger partial charge in [0.2, 0.25) is 5.91 Å². The van der Waals surface area contributed by atoms with Crippen molar-refractivity contribution < 1.29 is 19.0 Å². The van der Waals surface area contributed by atoms with E-state index in [1.54, 1.807) is 13.2 Å². The summed E-state index contributed by atoms with van der Waals surface area (Å²) < 4.78 is 18.3. The van der Waals surface area contributed by atoms with Crippen LogP contribution in [0.2, 0.25) is 0 Å². The van der Waals surface area contributed by atoms with E-state index in [1.807, 2.05) is 52.4 Å². The normalized spacial score (nSPS) is 12.7. The number of imidazole rings is 1. The lowest BCUT2D eigenvalue weighted by molar-refractivity contribution is -0.115. The van der Waals surface area contributed by atoms with Crippen LogP contribution in [0, 0.1) is 0 Å². The van der Waals surface area contributed by atoms with Crippen LogP contribution in [0.25, 0.3) is 16.2 Å². The van der Waals surface area contributed by atoms with Crippen LogP contribution in [0.15, 0.2) is 54.0 Å². The van der Waals surface area contributed by atoms with Gasteiger partial charge in [-0.2, -0.15) is 0 Å². The largest absolute Gasteiger partial charge is 0.497 e. The Morgan fingerprint density at radius 3 is 2.77 bits per heavy atom. The fourth-order valence-corrected chi connectivity index (χ4v) is 4.22. The van der Waals surface area contributed by atoms with Crippen molar-refractivity contribution in [2.24, 2.45) is 0 Å². The van der Waals surface area contributed by atoms with Crippen LogP contribution >= 0.6 is 11.3 Å². The van der Waals surface area contributed by atoms with E-state index >= 15 is 0 Å². The van der Waals surface area contributed by atoms with Crippen LogP contribution in [-0.4, -0.2) is 35.6 Å². The number of thiazole rings is 1. The molecule has 0 radical (unpaired) electrons. The van der Waals surface area contributed by atoms with Crippen molar-refractivity contribution in [1.29, 1.82) is 0 Å². The van der Waals surface area contributed by atoms with Gasteiger partial charge < -0.3 is 19.5 Å². The second-order valence-electron chi connectivity index (χ2n) is 6.82. The Balaban J connectivity index is 1.32. The predicted molar refractivity (Wildman–Crippen MR) is 115 cm³/mol. The number of ether oxygens (including phenoxy) is 3. The van der Waals surface area contributed by atoms with Gasteiger partial charge >= 0.3 is 0 Å². The van der Waals surface area contributed by atoms with E-state index in [9.17, 15) is 4.79 Å². The van der Waals surface area contributed by atoms with E-state index in [0.717, 1.165) is 27.7 Å². The molecule has 1 aliphatic heterocycles.